The fourth-order valence-electron chi connectivity index (χ4n) is 2.01. The zero-order valence-electron chi connectivity index (χ0n) is 12.9. The Labute approximate surface area is 134 Å². The van der Waals surface area contributed by atoms with E-state index in [9.17, 15) is 9.59 Å². The molecule has 1 N–H and O–H groups in total. The summed E-state index contributed by atoms with van der Waals surface area (Å²) in [4.78, 5) is 28.1. The van der Waals surface area contributed by atoms with Crippen molar-refractivity contribution in [3.8, 4) is 5.75 Å². The number of ether oxygens (including phenoxy) is 1. The summed E-state index contributed by atoms with van der Waals surface area (Å²) in [6, 6.07) is 14.0. The van der Waals surface area contributed by atoms with Crippen LogP contribution < -0.4 is 10.2 Å². The van der Waals surface area contributed by atoms with Crippen LogP contribution in [0.1, 0.15) is 21.5 Å². The molecule has 0 radical (unpaired) electrons. The lowest BCUT2D eigenvalue weighted by molar-refractivity contribution is -0.124. The van der Waals surface area contributed by atoms with Crippen LogP contribution in [-0.2, 0) is 9.63 Å². The highest BCUT2D eigenvalue weighted by atomic mass is 16.7. The van der Waals surface area contributed by atoms with Crippen LogP contribution in [0, 0.1) is 6.92 Å². The van der Waals surface area contributed by atoms with Crippen molar-refractivity contribution in [2.45, 2.75) is 6.92 Å². The van der Waals surface area contributed by atoms with Gasteiger partial charge in [-0.05, 0) is 30.7 Å². The Bertz CT molecular complexity index is 723. The molecule has 118 valence electrons. The van der Waals surface area contributed by atoms with Gasteiger partial charge in [-0.2, -0.15) is 5.48 Å². The van der Waals surface area contributed by atoms with Crippen LogP contribution in [0.3, 0.4) is 0 Å². The fourth-order valence-corrected chi connectivity index (χ4v) is 2.01. The Hall–Kier alpha value is -3.08. The van der Waals surface area contributed by atoms with Crippen LogP contribution in [0.2, 0.25) is 0 Å². The lowest BCUT2D eigenvalue weighted by Gasteiger charge is -2.07. The number of aryl methyl sites for hydroxylation is 1. The maximum atomic E-state index is 11.7. The molecule has 5 nitrogen and oxygen atoms in total. The highest BCUT2D eigenvalue weighted by Crippen LogP contribution is 2.23. The normalized spacial score (nSPS) is 10.3. The number of methoxy groups -OCH3 is 1. The monoisotopic (exact) mass is 311 g/mol. The molecule has 0 aliphatic heterocycles. The van der Waals surface area contributed by atoms with Crippen LogP contribution in [-0.4, -0.2) is 19.0 Å². The van der Waals surface area contributed by atoms with E-state index in [1.807, 2.05) is 25.1 Å². The molecule has 0 bridgehead atoms. The van der Waals surface area contributed by atoms with Crippen LogP contribution in [0.25, 0.3) is 6.08 Å². The van der Waals surface area contributed by atoms with E-state index >= 15 is 0 Å². The third kappa shape index (κ3) is 4.44. The number of para-hydroxylation sites is 1. The molecule has 0 atom stereocenters. The maximum Gasteiger partial charge on any atom is 0.362 e. The zero-order valence-corrected chi connectivity index (χ0v) is 12.9. The summed E-state index contributed by atoms with van der Waals surface area (Å²) in [5.74, 6) is -0.476. The summed E-state index contributed by atoms with van der Waals surface area (Å²) in [6.45, 7) is 1.91. The topological polar surface area (TPSA) is 64.6 Å². The Morgan fingerprint density at radius 3 is 2.48 bits per heavy atom. The standard InChI is InChI=1S/C18H17NO4/c1-13-7-6-10-14(17(13)22-2)11-12-16(20)19-23-18(21)15-8-4-3-5-9-15/h3-12H,1-2H3,(H,19,20). The lowest BCUT2D eigenvalue weighted by atomic mass is 10.1. The Morgan fingerprint density at radius 2 is 1.78 bits per heavy atom. The summed E-state index contributed by atoms with van der Waals surface area (Å²) in [6.07, 6.45) is 2.87. The number of nitrogens with one attached hydrogen (secondary N) is 1. The molecular formula is C18H17NO4. The quantitative estimate of drug-likeness (QED) is 0.696. The van der Waals surface area contributed by atoms with Gasteiger partial charge in [0.25, 0.3) is 5.91 Å². The number of hydrogen-bond donors (Lipinski definition) is 1. The van der Waals surface area contributed by atoms with Gasteiger partial charge in [-0.1, -0.05) is 36.4 Å². The molecule has 23 heavy (non-hydrogen) atoms. The minimum atomic E-state index is -0.625. The molecule has 2 aromatic rings. The first-order chi connectivity index (χ1) is 11.1. The molecular weight excluding hydrogens is 294 g/mol. The van der Waals surface area contributed by atoms with Gasteiger partial charge in [-0.15, -0.1) is 0 Å². The van der Waals surface area contributed by atoms with Gasteiger partial charge in [0, 0.05) is 11.6 Å². The molecule has 1 amide bonds. The molecule has 2 rings (SSSR count). The second-order valence-corrected chi connectivity index (χ2v) is 4.75. The summed E-state index contributed by atoms with van der Waals surface area (Å²) in [5, 5.41) is 0. The van der Waals surface area contributed by atoms with Crippen molar-refractivity contribution < 1.29 is 19.2 Å². The average Bonchev–Trinajstić information content (AvgIpc) is 2.58. The number of amides is 1. The van der Waals surface area contributed by atoms with Crippen molar-refractivity contribution in [3.05, 3.63) is 71.3 Å². The smallest absolute Gasteiger partial charge is 0.362 e. The minimum absolute atomic E-state index is 0.358. The minimum Gasteiger partial charge on any atom is -0.496 e. The third-order valence-electron chi connectivity index (χ3n) is 3.11. The molecule has 0 fully saturated rings. The number of rotatable bonds is 4. The number of carbonyl (C=O) groups excluding carboxylic acids is 2. The second-order valence-electron chi connectivity index (χ2n) is 4.75. The Morgan fingerprint density at radius 1 is 1.04 bits per heavy atom. The van der Waals surface area contributed by atoms with Crippen molar-refractivity contribution in [2.24, 2.45) is 0 Å². The van der Waals surface area contributed by atoms with Gasteiger partial charge in [0.05, 0.1) is 12.7 Å². The van der Waals surface area contributed by atoms with E-state index in [2.05, 4.69) is 5.48 Å². The number of hydroxylamine groups is 1. The predicted octanol–water partition coefficient (Wildman–Crippen LogP) is 2.91. The number of hydrogen-bond acceptors (Lipinski definition) is 4. The van der Waals surface area contributed by atoms with E-state index in [1.54, 1.807) is 43.5 Å². The van der Waals surface area contributed by atoms with Gasteiger partial charge in [0.15, 0.2) is 0 Å². The van der Waals surface area contributed by atoms with Crippen LogP contribution in [0.5, 0.6) is 5.75 Å². The van der Waals surface area contributed by atoms with Crippen LogP contribution in [0.4, 0.5) is 0 Å². The number of carbonyl (C=O) groups is 2. The van der Waals surface area contributed by atoms with Gasteiger partial charge in [-0.25, -0.2) is 4.79 Å². The Kier molecular flexibility index (Phi) is 5.52. The van der Waals surface area contributed by atoms with E-state index in [-0.39, 0.29) is 0 Å². The predicted molar refractivity (Wildman–Crippen MR) is 86.8 cm³/mol. The first kappa shape index (κ1) is 16.3. The molecule has 0 saturated heterocycles. The van der Waals surface area contributed by atoms with Gasteiger partial charge in [-0.3, -0.25) is 4.79 Å². The SMILES string of the molecule is COc1c(C)cccc1C=CC(=O)NOC(=O)c1ccccc1. The lowest BCUT2D eigenvalue weighted by Crippen LogP contribution is -2.25. The fraction of sp³-hybridized carbons (Fsp3) is 0.111. The van der Waals surface area contributed by atoms with Crippen LogP contribution >= 0.6 is 0 Å². The summed E-state index contributed by atoms with van der Waals surface area (Å²) in [5.41, 5.74) is 4.17. The zero-order chi connectivity index (χ0) is 16.7. The van der Waals surface area contributed by atoms with E-state index in [4.69, 9.17) is 9.57 Å². The largest absolute Gasteiger partial charge is 0.496 e. The van der Waals surface area contributed by atoms with Crippen molar-refractivity contribution in [1.82, 2.24) is 5.48 Å². The van der Waals surface area contributed by atoms with Crippen LogP contribution in [0.15, 0.2) is 54.6 Å². The Balaban J connectivity index is 1.95. The van der Waals surface area contributed by atoms with Gasteiger partial charge >= 0.3 is 5.97 Å². The highest BCUT2D eigenvalue weighted by Gasteiger charge is 2.08. The molecule has 0 saturated carbocycles. The number of benzene rings is 2. The molecule has 5 heteroatoms. The van der Waals surface area contributed by atoms with Gasteiger partial charge in [0.1, 0.15) is 5.75 Å². The molecule has 0 heterocycles. The van der Waals surface area contributed by atoms with Crippen molar-refractivity contribution in [2.75, 3.05) is 7.11 Å². The molecule has 0 aromatic heterocycles. The first-order valence-corrected chi connectivity index (χ1v) is 6.99. The first-order valence-electron chi connectivity index (χ1n) is 6.99. The summed E-state index contributed by atoms with van der Waals surface area (Å²) < 4.78 is 5.30. The van der Waals surface area contributed by atoms with E-state index in [1.165, 1.54) is 6.08 Å². The van der Waals surface area contributed by atoms with E-state index in [0.717, 1.165) is 11.1 Å². The van der Waals surface area contributed by atoms with E-state index < -0.39 is 11.9 Å². The van der Waals surface area contributed by atoms with E-state index in [0.29, 0.717) is 11.3 Å². The van der Waals surface area contributed by atoms with Crippen molar-refractivity contribution in [3.63, 3.8) is 0 Å². The third-order valence-corrected chi connectivity index (χ3v) is 3.11. The second kappa shape index (κ2) is 7.79. The maximum absolute atomic E-state index is 11.7. The molecule has 0 aliphatic rings. The average molecular weight is 311 g/mol. The molecule has 0 spiro atoms. The van der Waals surface area contributed by atoms with Gasteiger partial charge in [0.2, 0.25) is 0 Å². The summed E-state index contributed by atoms with van der Waals surface area (Å²) >= 11 is 0. The van der Waals surface area contributed by atoms with Crippen molar-refractivity contribution in [1.29, 1.82) is 0 Å². The molecule has 2 aromatic carbocycles. The van der Waals surface area contributed by atoms with Gasteiger partial charge < -0.3 is 9.57 Å². The molecule has 0 aliphatic carbocycles. The highest BCUT2D eigenvalue weighted by molar-refractivity contribution is 5.94. The summed E-state index contributed by atoms with van der Waals surface area (Å²) in [7, 11) is 1.57. The molecule has 0 unspecified atom stereocenters. The van der Waals surface area contributed by atoms with Crippen molar-refractivity contribution >= 4 is 18.0 Å².